The fourth-order valence-corrected chi connectivity index (χ4v) is 2.77. The van der Waals surface area contributed by atoms with Gasteiger partial charge in [0.05, 0.1) is 6.61 Å². The van der Waals surface area contributed by atoms with Crippen molar-refractivity contribution in [2.75, 3.05) is 6.61 Å². The second-order valence-electron chi connectivity index (χ2n) is 6.20. The monoisotopic (exact) mass is 366 g/mol. The lowest BCUT2D eigenvalue weighted by molar-refractivity contribution is -0.145. The van der Waals surface area contributed by atoms with Crippen LogP contribution in [0.5, 0.6) is 5.75 Å². The number of para-hydroxylation sites is 1. The van der Waals surface area contributed by atoms with Crippen LogP contribution >= 0.6 is 0 Å². The molecule has 0 atom stereocenters. The molecule has 3 rings (SSSR count). The zero-order valence-electron chi connectivity index (χ0n) is 15.3. The van der Waals surface area contributed by atoms with E-state index >= 15 is 0 Å². The number of hydrogen-bond donors (Lipinski definition) is 0. The number of hydrogen-bond acceptors (Lipinski definition) is 5. The van der Waals surface area contributed by atoms with Crippen LogP contribution in [-0.4, -0.2) is 12.6 Å². The highest BCUT2D eigenvalue weighted by Gasteiger charge is 2.09. The van der Waals surface area contributed by atoms with Gasteiger partial charge in [0, 0.05) is 23.4 Å². The first-order chi connectivity index (χ1) is 13.2. The normalized spacial score (nSPS) is 10.7. The average molecular weight is 366 g/mol. The van der Waals surface area contributed by atoms with Crippen molar-refractivity contribution in [1.82, 2.24) is 0 Å². The Morgan fingerprint density at radius 3 is 2.67 bits per heavy atom. The van der Waals surface area contributed by atoms with Gasteiger partial charge in [0.15, 0.2) is 0 Å². The Morgan fingerprint density at radius 1 is 1.07 bits per heavy atom. The van der Waals surface area contributed by atoms with Crippen LogP contribution in [0.4, 0.5) is 0 Å². The Morgan fingerprint density at radius 2 is 1.89 bits per heavy atom. The van der Waals surface area contributed by atoms with Crippen LogP contribution in [-0.2, 0) is 22.6 Å². The van der Waals surface area contributed by atoms with E-state index in [0.717, 1.165) is 23.1 Å². The maximum absolute atomic E-state index is 12.0. The maximum Gasteiger partial charge on any atom is 0.336 e. The number of fused-ring (bicyclic) bond motifs is 1. The molecule has 0 fully saturated rings. The number of carbonyl (C=O) groups is 1. The summed E-state index contributed by atoms with van der Waals surface area (Å²) in [6.45, 7) is 2.52. The molecule has 0 bridgehead atoms. The second-order valence-corrected chi connectivity index (χ2v) is 6.20. The van der Waals surface area contributed by atoms with Crippen molar-refractivity contribution in [3.63, 3.8) is 0 Å². The van der Waals surface area contributed by atoms with Gasteiger partial charge in [-0.1, -0.05) is 37.3 Å². The van der Waals surface area contributed by atoms with Gasteiger partial charge in [-0.05, 0) is 36.6 Å². The number of ether oxygens (including phenoxy) is 2. The van der Waals surface area contributed by atoms with Crippen molar-refractivity contribution in [2.24, 2.45) is 0 Å². The van der Waals surface area contributed by atoms with E-state index in [1.165, 1.54) is 6.07 Å². The summed E-state index contributed by atoms with van der Waals surface area (Å²) in [5.74, 6) is 0.457. The Balaban J connectivity index is 1.53. The molecule has 0 unspecified atom stereocenters. The number of carbonyl (C=O) groups excluding carboxylic acids is 1. The highest BCUT2D eigenvalue weighted by Crippen LogP contribution is 2.20. The molecule has 140 valence electrons. The summed E-state index contributed by atoms with van der Waals surface area (Å²) >= 11 is 0. The minimum Gasteiger partial charge on any atom is -0.494 e. The fourth-order valence-electron chi connectivity index (χ4n) is 2.77. The van der Waals surface area contributed by atoms with Gasteiger partial charge in [-0.15, -0.1) is 0 Å². The van der Waals surface area contributed by atoms with Gasteiger partial charge >= 0.3 is 11.6 Å². The van der Waals surface area contributed by atoms with Gasteiger partial charge in [-0.2, -0.15) is 0 Å². The van der Waals surface area contributed by atoms with Crippen molar-refractivity contribution in [2.45, 2.75) is 32.8 Å². The molecular formula is C22H22O5. The lowest BCUT2D eigenvalue weighted by atomic mass is 10.1. The molecule has 1 heterocycles. The van der Waals surface area contributed by atoms with E-state index in [2.05, 4.69) is 0 Å². The highest BCUT2D eigenvalue weighted by atomic mass is 16.5. The van der Waals surface area contributed by atoms with E-state index in [-0.39, 0.29) is 19.0 Å². The van der Waals surface area contributed by atoms with Crippen LogP contribution in [0.15, 0.2) is 63.8 Å². The summed E-state index contributed by atoms with van der Waals surface area (Å²) in [7, 11) is 0. The van der Waals surface area contributed by atoms with Gasteiger partial charge < -0.3 is 13.9 Å². The van der Waals surface area contributed by atoms with Crippen LogP contribution < -0.4 is 10.4 Å². The molecule has 2 aromatic carbocycles. The minimum atomic E-state index is -0.446. The number of esters is 1. The van der Waals surface area contributed by atoms with Crippen LogP contribution in [0.3, 0.4) is 0 Å². The summed E-state index contributed by atoms with van der Waals surface area (Å²) in [6, 6.07) is 16.6. The molecule has 0 amide bonds. The minimum absolute atomic E-state index is 0.0476. The van der Waals surface area contributed by atoms with E-state index in [0.29, 0.717) is 24.2 Å². The van der Waals surface area contributed by atoms with Crippen molar-refractivity contribution < 1.29 is 18.7 Å². The molecular weight excluding hydrogens is 344 g/mol. The molecule has 0 aliphatic heterocycles. The number of benzene rings is 2. The Labute approximate surface area is 157 Å². The zero-order valence-corrected chi connectivity index (χ0v) is 15.3. The maximum atomic E-state index is 12.0. The zero-order chi connectivity index (χ0) is 19.1. The smallest absolute Gasteiger partial charge is 0.336 e. The summed E-state index contributed by atoms with van der Waals surface area (Å²) in [5, 5.41) is 0.784. The van der Waals surface area contributed by atoms with Crippen LogP contribution in [0, 0.1) is 0 Å². The second kappa shape index (κ2) is 9.03. The summed E-state index contributed by atoms with van der Waals surface area (Å²) in [4.78, 5) is 23.7. The largest absolute Gasteiger partial charge is 0.494 e. The summed E-state index contributed by atoms with van der Waals surface area (Å²) in [5.41, 5.74) is 1.80. The van der Waals surface area contributed by atoms with Gasteiger partial charge in [0.1, 0.15) is 17.9 Å². The van der Waals surface area contributed by atoms with Crippen LogP contribution in [0.2, 0.25) is 0 Å². The standard InChI is InChI=1S/C22H22O5/c1-2-16-10-11-19-17(14-22(24)27-20(19)13-16)15-26-21(23)9-6-12-25-18-7-4-3-5-8-18/h3-5,7-8,10-11,13-14H,2,6,9,12,15H2,1H3. The van der Waals surface area contributed by atoms with E-state index in [4.69, 9.17) is 13.9 Å². The molecule has 0 aliphatic rings. The number of rotatable bonds is 8. The third-order valence-corrected chi connectivity index (χ3v) is 4.23. The van der Waals surface area contributed by atoms with Gasteiger partial charge in [0.25, 0.3) is 0 Å². The van der Waals surface area contributed by atoms with Crippen LogP contribution in [0.25, 0.3) is 11.0 Å². The van der Waals surface area contributed by atoms with Gasteiger partial charge in [0.2, 0.25) is 0 Å². The molecule has 0 N–H and O–H groups in total. The predicted molar refractivity (Wildman–Crippen MR) is 103 cm³/mol. The quantitative estimate of drug-likeness (QED) is 0.339. The Hall–Kier alpha value is -3.08. The molecule has 5 heteroatoms. The van der Waals surface area contributed by atoms with E-state index in [9.17, 15) is 9.59 Å². The SMILES string of the molecule is CCc1ccc2c(COC(=O)CCCOc3ccccc3)cc(=O)oc2c1. The lowest BCUT2D eigenvalue weighted by Gasteiger charge is -2.09. The summed E-state index contributed by atoms with van der Waals surface area (Å²) in [6.07, 6.45) is 1.67. The van der Waals surface area contributed by atoms with E-state index < -0.39 is 5.63 Å². The van der Waals surface area contributed by atoms with Crippen molar-refractivity contribution in [1.29, 1.82) is 0 Å². The first-order valence-corrected chi connectivity index (χ1v) is 9.05. The lowest BCUT2D eigenvalue weighted by Crippen LogP contribution is -2.09. The Bertz CT molecular complexity index is 959. The topological polar surface area (TPSA) is 65.7 Å². The highest BCUT2D eigenvalue weighted by molar-refractivity contribution is 5.81. The van der Waals surface area contributed by atoms with E-state index in [1.54, 1.807) is 0 Å². The molecule has 0 saturated carbocycles. The van der Waals surface area contributed by atoms with Crippen LogP contribution in [0.1, 0.15) is 30.9 Å². The third kappa shape index (κ3) is 5.20. The number of aryl methyl sites for hydroxylation is 1. The predicted octanol–water partition coefficient (Wildman–Crippen LogP) is 4.26. The molecule has 0 radical (unpaired) electrons. The van der Waals surface area contributed by atoms with Crippen molar-refractivity contribution >= 4 is 16.9 Å². The first-order valence-electron chi connectivity index (χ1n) is 9.05. The van der Waals surface area contributed by atoms with Gasteiger partial charge in [-0.3, -0.25) is 4.79 Å². The molecule has 0 aliphatic carbocycles. The van der Waals surface area contributed by atoms with E-state index in [1.807, 2.05) is 55.5 Å². The van der Waals surface area contributed by atoms with Gasteiger partial charge in [-0.25, -0.2) is 4.79 Å². The molecule has 27 heavy (non-hydrogen) atoms. The molecule has 3 aromatic rings. The Kier molecular flexibility index (Phi) is 6.26. The molecule has 5 nitrogen and oxygen atoms in total. The van der Waals surface area contributed by atoms with Crippen molar-refractivity contribution in [3.05, 3.63) is 76.1 Å². The van der Waals surface area contributed by atoms with Crippen molar-refractivity contribution in [3.8, 4) is 5.75 Å². The molecule has 1 aromatic heterocycles. The molecule has 0 saturated heterocycles. The molecule has 0 spiro atoms. The fraction of sp³-hybridized carbons (Fsp3) is 0.273. The first kappa shape index (κ1) is 18.7. The summed E-state index contributed by atoms with van der Waals surface area (Å²) < 4.78 is 16.1. The third-order valence-electron chi connectivity index (χ3n) is 4.23. The average Bonchev–Trinajstić information content (AvgIpc) is 2.69.